The second-order valence-corrected chi connectivity index (χ2v) is 13.0. The van der Waals surface area contributed by atoms with E-state index >= 15 is 0 Å². The van der Waals surface area contributed by atoms with Crippen molar-refractivity contribution in [3.05, 3.63) is 185 Å². The average Bonchev–Trinajstić information content (AvgIpc) is 3.19. The van der Waals surface area contributed by atoms with E-state index in [0.717, 1.165) is 79.4 Å². The van der Waals surface area contributed by atoms with Gasteiger partial charge in [-0.15, -0.1) is 0 Å². The standard InChI is InChI=1S/C44H40N4/c1-5-13-33(14-6-1)39-29-41(35-15-7-2-8-16-35)45-30-40(39)34-25-21-31(22-26-34)32-23-27-38(28-24-32)44-47-42(36-17-9-3-10-18-36)46-43(48-44)37-19-11-4-12-20-37/h2-3,5,7-11,13-17,19-23,25-29,32,36,40H,1,4,6,12,18,24,30H2. The monoisotopic (exact) mass is 624 g/mol. The molecule has 0 N–H and O–H groups in total. The Balaban J connectivity index is 1.02. The number of hydrogen-bond acceptors (Lipinski definition) is 4. The Bertz CT molecular complexity index is 1990. The third-order valence-electron chi connectivity index (χ3n) is 9.85. The first-order valence-corrected chi connectivity index (χ1v) is 17.4. The lowest BCUT2D eigenvalue weighted by Crippen LogP contribution is -2.17. The molecule has 4 heteroatoms. The van der Waals surface area contributed by atoms with Gasteiger partial charge in [-0.05, 0) is 72.4 Å². The normalized spacial score (nSPS) is 23.2. The van der Waals surface area contributed by atoms with Crippen molar-refractivity contribution in [3.8, 4) is 0 Å². The number of nitrogens with zero attached hydrogens (tertiary/aromatic N) is 4. The third kappa shape index (κ3) is 6.48. The van der Waals surface area contributed by atoms with Crippen molar-refractivity contribution < 1.29 is 0 Å². The van der Waals surface area contributed by atoms with Crippen LogP contribution in [-0.2, 0) is 0 Å². The number of rotatable bonds is 7. The first kappa shape index (κ1) is 30.1. The molecule has 0 fully saturated rings. The molecule has 5 aliphatic rings. The zero-order valence-electron chi connectivity index (χ0n) is 27.2. The summed E-state index contributed by atoms with van der Waals surface area (Å²) in [6.45, 7) is 0.756. The highest BCUT2D eigenvalue weighted by atomic mass is 15.0. The molecule has 4 aliphatic carbocycles. The van der Waals surface area contributed by atoms with Crippen molar-refractivity contribution in [2.45, 2.75) is 56.3 Å². The van der Waals surface area contributed by atoms with E-state index in [9.17, 15) is 0 Å². The summed E-state index contributed by atoms with van der Waals surface area (Å²) in [5.74, 6) is 3.11. The Labute approximate surface area is 283 Å². The van der Waals surface area contributed by atoms with Gasteiger partial charge in [0.25, 0.3) is 0 Å². The maximum absolute atomic E-state index is 5.06. The van der Waals surface area contributed by atoms with Crippen LogP contribution in [0.2, 0.25) is 0 Å². The van der Waals surface area contributed by atoms with E-state index in [2.05, 4.69) is 140 Å². The summed E-state index contributed by atoms with van der Waals surface area (Å²) in [5, 5.41) is 0. The summed E-state index contributed by atoms with van der Waals surface area (Å²) < 4.78 is 0. The van der Waals surface area contributed by atoms with E-state index in [0.29, 0.717) is 5.92 Å². The van der Waals surface area contributed by atoms with Gasteiger partial charge >= 0.3 is 0 Å². The van der Waals surface area contributed by atoms with Gasteiger partial charge in [-0.2, -0.15) is 0 Å². The molecule has 3 unspecified atom stereocenters. The molecule has 2 heterocycles. The van der Waals surface area contributed by atoms with Crippen molar-refractivity contribution in [2.24, 2.45) is 4.99 Å². The van der Waals surface area contributed by atoms with Gasteiger partial charge in [-0.3, -0.25) is 4.99 Å². The lowest BCUT2D eigenvalue weighted by molar-refractivity contribution is 0.747. The minimum absolute atomic E-state index is 0.170. The molecule has 2 aromatic carbocycles. The molecule has 3 aromatic rings. The summed E-state index contributed by atoms with van der Waals surface area (Å²) in [6, 6.07) is 19.8. The molecule has 1 aliphatic heterocycles. The maximum Gasteiger partial charge on any atom is 0.163 e. The Morgan fingerprint density at radius 1 is 0.562 bits per heavy atom. The van der Waals surface area contributed by atoms with Crippen LogP contribution < -0.4 is 0 Å². The summed E-state index contributed by atoms with van der Waals surface area (Å²) in [7, 11) is 0. The SMILES string of the molecule is C1=CCC(c2nc(C3=CCCC=C3)nc(C3=CCC(c4ccc(C5CN=C(c6ccccc6)C=C5C5=CCCC=C5)cc4)C=C3)n2)C=C1. The Hall–Kier alpha value is -5.22. The van der Waals surface area contributed by atoms with Gasteiger partial charge in [0.15, 0.2) is 11.6 Å². The van der Waals surface area contributed by atoms with E-state index in [1.165, 1.54) is 27.8 Å². The van der Waals surface area contributed by atoms with Crippen LogP contribution in [0.3, 0.4) is 0 Å². The molecule has 0 bridgehead atoms. The predicted molar refractivity (Wildman–Crippen MR) is 198 cm³/mol. The van der Waals surface area contributed by atoms with Gasteiger partial charge in [0.05, 0.1) is 12.3 Å². The van der Waals surface area contributed by atoms with Crippen LogP contribution in [0.15, 0.2) is 156 Å². The second-order valence-electron chi connectivity index (χ2n) is 13.0. The first-order chi connectivity index (χ1) is 23.8. The lowest BCUT2D eigenvalue weighted by Gasteiger charge is -2.26. The van der Waals surface area contributed by atoms with Gasteiger partial charge in [0.1, 0.15) is 5.82 Å². The average molecular weight is 625 g/mol. The van der Waals surface area contributed by atoms with Crippen LogP contribution in [-0.4, -0.2) is 27.2 Å². The van der Waals surface area contributed by atoms with Gasteiger partial charge in [0, 0.05) is 28.9 Å². The van der Waals surface area contributed by atoms with Gasteiger partial charge in [-0.25, -0.2) is 15.0 Å². The van der Waals surface area contributed by atoms with Crippen LogP contribution in [0.5, 0.6) is 0 Å². The number of allylic oxidation sites excluding steroid dienone is 17. The van der Waals surface area contributed by atoms with Crippen molar-refractivity contribution in [1.82, 2.24) is 15.0 Å². The van der Waals surface area contributed by atoms with E-state index in [4.69, 9.17) is 19.9 Å². The number of hydrogen-bond donors (Lipinski definition) is 0. The minimum Gasteiger partial charge on any atom is -0.284 e. The highest BCUT2D eigenvalue weighted by Crippen LogP contribution is 2.37. The Morgan fingerprint density at radius 2 is 1.29 bits per heavy atom. The van der Waals surface area contributed by atoms with Gasteiger partial charge < -0.3 is 0 Å². The largest absolute Gasteiger partial charge is 0.284 e. The molecule has 3 atom stereocenters. The third-order valence-corrected chi connectivity index (χ3v) is 9.85. The van der Waals surface area contributed by atoms with Crippen molar-refractivity contribution in [1.29, 1.82) is 0 Å². The highest BCUT2D eigenvalue weighted by molar-refractivity contribution is 6.10. The molecule has 0 amide bonds. The van der Waals surface area contributed by atoms with E-state index in [1.807, 2.05) is 0 Å². The van der Waals surface area contributed by atoms with Crippen molar-refractivity contribution in [3.63, 3.8) is 0 Å². The summed E-state index contributed by atoms with van der Waals surface area (Å²) in [5.41, 5.74) is 9.76. The molecular formula is C44H40N4. The molecular weight excluding hydrogens is 585 g/mol. The highest BCUT2D eigenvalue weighted by Gasteiger charge is 2.25. The fourth-order valence-corrected chi connectivity index (χ4v) is 7.14. The summed E-state index contributed by atoms with van der Waals surface area (Å²) in [6.07, 6.45) is 37.4. The molecule has 48 heavy (non-hydrogen) atoms. The molecule has 1 aromatic heterocycles. The number of dihydropyridines is 1. The molecule has 0 radical (unpaired) electrons. The predicted octanol–water partition coefficient (Wildman–Crippen LogP) is 10.1. The molecule has 0 spiro atoms. The Morgan fingerprint density at radius 3 is 1.96 bits per heavy atom. The smallest absolute Gasteiger partial charge is 0.163 e. The maximum atomic E-state index is 5.06. The summed E-state index contributed by atoms with van der Waals surface area (Å²) >= 11 is 0. The lowest BCUT2D eigenvalue weighted by atomic mass is 9.81. The Kier molecular flexibility index (Phi) is 8.71. The first-order valence-electron chi connectivity index (χ1n) is 17.4. The number of aromatic nitrogens is 3. The van der Waals surface area contributed by atoms with Crippen molar-refractivity contribution >= 4 is 16.9 Å². The van der Waals surface area contributed by atoms with Crippen molar-refractivity contribution in [2.75, 3.05) is 6.54 Å². The van der Waals surface area contributed by atoms with Crippen LogP contribution >= 0.6 is 0 Å². The zero-order chi connectivity index (χ0) is 32.1. The number of aliphatic imine (C=N–C) groups is 1. The van der Waals surface area contributed by atoms with E-state index < -0.39 is 0 Å². The zero-order valence-corrected chi connectivity index (χ0v) is 27.2. The second kappa shape index (κ2) is 13.9. The molecule has 4 nitrogen and oxygen atoms in total. The van der Waals surface area contributed by atoms with E-state index in [-0.39, 0.29) is 11.8 Å². The number of benzene rings is 2. The molecule has 0 saturated carbocycles. The topological polar surface area (TPSA) is 51.0 Å². The van der Waals surface area contributed by atoms with E-state index in [1.54, 1.807) is 0 Å². The minimum atomic E-state index is 0.170. The van der Waals surface area contributed by atoms with Crippen LogP contribution in [0.1, 0.15) is 90.4 Å². The van der Waals surface area contributed by atoms with Gasteiger partial charge in [0.2, 0.25) is 0 Å². The van der Waals surface area contributed by atoms with Crippen LogP contribution in [0.4, 0.5) is 0 Å². The quantitative estimate of drug-likeness (QED) is 0.263. The molecule has 236 valence electrons. The van der Waals surface area contributed by atoms with Crippen LogP contribution in [0.25, 0.3) is 11.1 Å². The van der Waals surface area contributed by atoms with Gasteiger partial charge in [-0.1, -0.05) is 134 Å². The summed E-state index contributed by atoms with van der Waals surface area (Å²) in [4.78, 5) is 20.0. The fraction of sp³-hybridized carbons (Fsp3) is 0.227. The molecule has 0 saturated heterocycles. The van der Waals surface area contributed by atoms with Crippen LogP contribution in [0, 0.1) is 0 Å². The fourth-order valence-electron chi connectivity index (χ4n) is 7.14. The molecule has 8 rings (SSSR count).